The van der Waals surface area contributed by atoms with Crippen LogP contribution in [0.1, 0.15) is 37.3 Å². The number of amides is 1. The second-order valence-corrected chi connectivity index (χ2v) is 5.67. The van der Waals surface area contributed by atoms with Crippen molar-refractivity contribution in [2.45, 2.75) is 26.2 Å². The van der Waals surface area contributed by atoms with Crippen LogP contribution in [0.2, 0.25) is 0 Å². The van der Waals surface area contributed by atoms with E-state index in [4.69, 9.17) is 4.74 Å². The Bertz CT molecular complexity index is 759. The highest BCUT2D eigenvalue weighted by Crippen LogP contribution is 2.28. The van der Waals surface area contributed by atoms with Gasteiger partial charge in [0, 0.05) is 11.6 Å². The average molecular weight is 342 g/mol. The number of nitrogens with one attached hydrogen (secondary N) is 1. The van der Waals surface area contributed by atoms with Crippen LogP contribution in [0, 0.1) is 0 Å². The second-order valence-electron chi connectivity index (χ2n) is 5.67. The molecule has 2 aromatic rings. The summed E-state index contributed by atoms with van der Waals surface area (Å²) in [6.07, 6.45) is 2.27. The van der Waals surface area contributed by atoms with E-state index >= 15 is 0 Å². The summed E-state index contributed by atoms with van der Waals surface area (Å²) in [5.41, 5.74) is 3.78. The van der Waals surface area contributed by atoms with Crippen LogP contribution in [0.15, 0.2) is 47.6 Å². The number of para-hydroxylation sites is 1. The van der Waals surface area contributed by atoms with E-state index in [-0.39, 0.29) is 18.1 Å². The summed E-state index contributed by atoms with van der Waals surface area (Å²) in [6, 6.07) is 11.7. The van der Waals surface area contributed by atoms with Crippen molar-refractivity contribution >= 4 is 12.1 Å². The highest BCUT2D eigenvalue weighted by atomic mass is 16.5. The summed E-state index contributed by atoms with van der Waals surface area (Å²) >= 11 is 0. The Morgan fingerprint density at radius 3 is 2.76 bits per heavy atom. The third-order valence-corrected chi connectivity index (χ3v) is 3.83. The average Bonchev–Trinajstić information content (AvgIpc) is 2.61. The molecule has 0 heterocycles. The van der Waals surface area contributed by atoms with Gasteiger partial charge in [0.15, 0.2) is 6.61 Å². The molecule has 0 aliphatic rings. The fourth-order valence-corrected chi connectivity index (χ4v) is 2.23. The van der Waals surface area contributed by atoms with Gasteiger partial charge in [0.25, 0.3) is 5.91 Å². The van der Waals surface area contributed by atoms with Crippen LogP contribution in [0.5, 0.6) is 17.2 Å². The molecule has 0 aromatic heterocycles. The first-order valence-corrected chi connectivity index (χ1v) is 8.06. The smallest absolute Gasteiger partial charge is 0.277 e. The van der Waals surface area contributed by atoms with Gasteiger partial charge in [-0.05, 0) is 36.1 Å². The Kier molecular flexibility index (Phi) is 6.39. The largest absolute Gasteiger partial charge is 0.508 e. The normalized spacial score (nSPS) is 12.1. The zero-order chi connectivity index (χ0) is 18.2. The van der Waals surface area contributed by atoms with Gasteiger partial charge in [0.2, 0.25) is 0 Å². The van der Waals surface area contributed by atoms with Crippen molar-refractivity contribution in [2.24, 2.45) is 5.10 Å². The van der Waals surface area contributed by atoms with E-state index in [2.05, 4.69) is 24.4 Å². The Balaban J connectivity index is 1.90. The van der Waals surface area contributed by atoms with E-state index in [1.807, 2.05) is 24.3 Å². The van der Waals surface area contributed by atoms with Gasteiger partial charge >= 0.3 is 0 Å². The van der Waals surface area contributed by atoms with Gasteiger partial charge in [-0.15, -0.1) is 0 Å². The van der Waals surface area contributed by atoms with Gasteiger partial charge in [-0.2, -0.15) is 5.10 Å². The Morgan fingerprint density at radius 2 is 2.04 bits per heavy atom. The quantitative estimate of drug-likeness (QED) is 0.532. The number of carbonyl (C=O) groups excluding carboxylic acids is 1. The van der Waals surface area contributed by atoms with Crippen molar-refractivity contribution in [2.75, 3.05) is 6.61 Å². The van der Waals surface area contributed by atoms with E-state index in [0.29, 0.717) is 17.2 Å². The molecule has 2 rings (SSSR count). The van der Waals surface area contributed by atoms with Gasteiger partial charge in [0.1, 0.15) is 17.2 Å². The molecular formula is C19H22N2O4. The maximum Gasteiger partial charge on any atom is 0.277 e. The second kappa shape index (κ2) is 8.73. The van der Waals surface area contributed by atoms with E-state index < -0.39 is 5.91 Å². The van der Waals surface area contributed by atoms with Crippen LogP contribution in [0.3, 0.4) is 0 Å². The number of benzene rings is 2. The summed E-state index contributed by atoms with van der Waals surface area (Å²) in [6.45, 7) is 4.05. The lowest BCUT2D eigenvalue weighted by Gasteiger charge is -2.15. The number of ether oxygens (including phenoxy) is 1. The number of hydrazone groups is 1. The predicted octanol–water partition coefficient (Wildman–Crippen LogP) is 3.14. The molecule has 0 bridgehead atoms. The zero-order valence-electron chi connectivity index (χ0n) is 14.3. The highest BCUT2D eigenvalue weighted by Gasteiger charge is 2.10. The molecule has 0 unspecified atom stereocenters. The zero-order valence-corrected chi connectivity index (χ0v) is 14.3. The summed E-state index contributed by atoms with van der Waals surface area (Å²) in [5.74, 6) is 0.444. The van der Waals surface area contributed by atoms with Crippen LogP contribution in [0.25, 0.3) is 0 Å². The van der Waals surface area contributed by atoms with E-state index in [1.165, 1.54) is 24.4 Å². The standard InChI is InChI=1S/C19H22N2O4/c1-3-13(2)16-6-4-5-7-18(16)25-12-19(24)21-20-11-14-8-9-15(22)10-17(14)23/h4-11,13,22-23H,3,12H2,1-2H3,(H,21,24)/b20-11-/t13-/m0/s1. The molecule has 6 heteroatoms. The van der Waals surface area contributed by atoms with Crippen LogP contribution in [-0.2, 0) is 4.79 Å². The number of carbonyl (C=O) groups is 1. The minimum atomic E-state index is -0.409. The lowest BCUT2D eigenvalue weighted by Crippen LogP contribution is -2.25. The molecule has 6 nitrogen and oxygen atoms in total. The van der Waals surface area contributed by atoms with Gasteiger partial charge in [-0.1, -0.05) is 32.0 Å². The van der Waals surface area contributed by atoms with Gasteiger partial charge < -0.3 is 14.9 Å². The molecular weight excluding hydrogens is 320 g/mol. The lowest BCUT2D eigenvalue weighted by atomic mass is 9.98. The van der Waals surface area contributed by atoms with Gasteiger partial charge in [0.05, 0.1) is 6.21 Å². The monoisotopic (exact) mass is 342 g/mol. The minimum absolute atomic E-state index is 0.0490. The first-order chi connectivity index (χ1) is 12.0. The summed E-state index contributed by atoms with van der Waals surface area (Å²) in [5, 5.41) is 22.6. The number of nitrogens with zero attached hydrogens (tertiary/aromatic N) is 1. The molecule has 0 saturated heterocycles. The van der Waals surface area contributed by atoms with Crippen LogP contribution in [-0.4, -0.2) is 28.9 Å². The van der Waals surface area contributed by atoms with Crippen molar-refractivity contribution in [3.05, 3.63) is 53.6 Å². The molecule has 1 atom stereocenters. The predicted molar refractivity (Wildman–Crippen MR) is 96.2 cm³/mol. The number of phenolic OH excluding ortho intramolecular Hbond substituents is 2. The summed E-state index contributed by atoms with van der Waals surface area (Å²) in [7, 11) is 0. The van der Waals surface area contributed by atoms with Crippen molar-refractivity contribution in [1.29, 1.82) is 0 Å². The molecule has 0 saturated carbocycles. The molecule has 2 aromatic carbocycles. The maximum atomic E-state index is 11.8. The Hall–Kier alpha value is -3.02. The van der Waals surface area contributed by atoms with E-state index in [9.17, 15) is 15.0 Å². The number of phenols is 2. The molecule has 0 radical (unpaired) electrons. The SMILES string of the molecule is CC[C@H](C)c1ccccc1OCC(=O)N/N=C\c1ccc(O)cc1O. The fraction of sp³-hybridized carbons (Fsp3) is 0.263. The van der Waals surface area contributed by atoms with Crippen LogP contribution >= 0.6 is 0 Å². The number of hydrogen-bond donors (Lipinski definition) is 3. The Morgan fingerprint density at radius 1 is 1.28 bits per heavy atom. The molecule has 25 heavy (non-hydrogen) atoms. The van der Waals surface area contributed by atoms with E-state index in [0.717, 1.165) is 12.0 Å². The molecule has 132 valence electrons. The topological polar surface area (TPSA) is 91.2 Å². The van der Waals surface area contributed by atoms with Gasteiger partial charge in [-0.3, -0.25) is 4.79 Å². The van der Waals surface area contributed by atoms with Crippen molar-refractivity contribution < 1.29 is 19.7 Å². The molecule has 0 spiro atoms. The van der Waals surface area contributed by atoms with Crippen molar-refractivity contribution in [3.63, 3.8) is 0 Å². The first-order valence-electron chi connectivity index (χ1n) is 8.06. The molecule has 0 aliphatic carbocycles. The Labute approximate surface area is 146 Å². The molecule has 0 fully saturated rings. The third-order valence-electron chi connectivity index (χ3n) is 3.83. The summed E-state index contributed by atoms with van der Waals surface area (Å²) in [4.78, 5) is 11.8. The maximum absolute atomic E-state index is 11.8. The minimum Gasteiger partial charge on any atom is -0.508 e. The van der Waals surface area contributed by atoms with Gasteiger partial charge in [-0.25, -0.2) is 5.43 Å². The number of hydrogen-bond acceptors (Lipinski definition) is 5. The molecule has 1 amide bonds. The van der Waals surface area contributed by atoms with Crippen LogP contribution in [0.4, 0.5) is 0 Å². The first kappa shape index (κ1) is 18.3. The van der Waals surface area contributed by atoms with Crippen molar-refractivity contribution in [1.82, 2.24) is 5.43 Å². The van der Waals surface area contributed by atoms with E-state index in [1.54, 1.807) is 0 Å². The number of rotatable bonds is 7. The third kappa shape index (κ3) is 5.24. The van der Waals surface area contributed by atoms with Crippen LogP contribution < -0.4 is 10.2 Å². The highest BCUT2D eigenvalue weighted by molar-refractivity contribution is 5.85. The molecule has 3 N–H and O–H groups in total. The summed E-state index contributed by atoms with van der Waals surface area (Å²) < 4.78 is 5.60. The van der Waals surface area contributed by atoms with Crippen molar-refractivity contribution in [3.8, 4) is 17.2 Å². The number of aromatic hydroxyl groups is 2. The fourth-order valence-electron chi connectivity index (χ4n) is 2.23. The lowest BCUT2D eigenvalue weighted by molar-refractivity contribution is -0.123. The molecule has 0 aliphatic heterocycles.